The molecule has 0 unspecified atom stereocenters. The number of aliphatic carboxylic acids is 3. The average molecular weight is 329 g/mol. The molecule has 0 saturated carbocycles. The van der Waals surface area contributed by atoms with Gasteiger partial charge in [0, 0.05) is 20.8 Å². The number of carboxylic acid groups (broad SMARTS) is 3. The van der Waals surface area contributed by atoms with Gasteiger partial charge in [-0.05, 0) is 0 Å². The lowest BCUT2D eigenvalue weighted by molar-refractivity contribution is -0.135. The van der Waals surface area contributed by atoms with Crippen LogP contribution in [0.15, 0.2) is 0 Å². The Hall–Kier alpha value is -1.60. The van der Waals surface area contributed by atoms with E-state index in [-0.39, 0.29) is 18.5 Å². The maximum atomic E-state index is 9.00. The van der Waals surface area contributed by atoms with Crippen LogP contribution in [0.1, 0.15) is 20.8 Å². The van der Waals surface area contributed by atoms with Crippen molar-refractivity contribution in [3.63, 3.8) is 0 Å². The van der Waals surface area contributed by atoms with Gasteiger partial charge in [-0.2, -0.15) is 0 Å². The van der Waals surface area contributed by atoms with Gasteiger partial charge in [0.2, 0.25) is 0 Å². The number of phosphoric acid groups is 1. The summed E-state index contributed by atoms with van der Waals surface area (Å²) in [6, 6.07) is 0. The van der Waals surface area contributed by atoms with Gasteiger partial charge in [-0.1, -0.05) is 0 Å². The first kappa shape index (κ1) is 42.9. The van der Waals surface area contributed by atoms with E-state index in [1.54, 1.807) is 0 Å². The highest BCUT2D eigenvalue weighted by Gasteiger charge is 2.00. The van der Waals surface area contributed by atoms with Crippen molar-refractivity contribution in [3.05, 3.63) is 0 Å². The van der Waals surface area contributed by atoms with Crippen molar-refractivity contribution in [2.75, 3.05) is 0 Å². The molecule has 0 aromatic rings. The Kier molecular flexibility index (Phi) is 55.9. The molecule has 0 aromatic carbocycles. The van der Waals surface area contributed by atoms with E-state index in [2.05, 4.69) is 0 Å². The van der Waals surface area contributed by atoms with Gasteiger partial charge in [0.1, 0.15) is 0 Å². The number of rotatable bonds is 0. The van der Waals surface area contributed by atoms with Gasteiger partial charge in [0.05, 0.1) is 0 Å². The molecular formula is C6H24N3O10P. The van der Waals surface area contributed by atoms with Crippen LogP contribution in [0.3, 0.4) is 0 Å². The molecule has 0 spiro atoms. The lowest BCUT2D eigenvalue weighted by Crippen LogP contribution is -1.78. The fourth-order valence-electron chi connectivity index (χ4n) is 0. The minimum Gasteiger partial charge on any atom is -0.481 e. The summed E-state index contributed by atoms with van der Waals surface area (Å²) in [6.07, 6.45) is 0. The molecule has 128 valence electrons. The SMILES string of the molecule is CC(=O)O.CC(=O)O.CC(=O)O.N.N.N.O=P(O)(O)O. The summed E-state index contributed by atoms with van der Waals surface area (Å²) in [5, 5.41) is 22.2. The van der Waals surface area contributed by atoms with Crippen molar-refractivity contribution in [2.45, 2.75) is 20.8 Å². The van der Waals surface area contributed by atoms with Gasteiger partial charge < -0.3 is 48.5 Å². The molecule has 0 aliphatic heterocycles. The van der Waals surface area contributed by atoms with Crippen LogP contribution in [0.4, 0.5) is 0 Å². The molecule has 20 heavy (non-hydrogen) atoms. The standard InChI is InChI=1S/3C2H4O2.3H3N.H3O4P/c3*1-2(3)4;;;;1-5(2,3)4/h3*1H3,(H,3,4);3*1H3;(H3,1,2,3,4). The summed E-state index contributed by atoms with van der Waals surface area (Å²) in [6.45, 7) is 3.25. The number of hydrogen-bond donors (Lipinski definition) is 9. The second-order valence-electron chi connectivity index (χ2n) is 2.07. The van der Waals surface area contributed by atoms with Crippen LogP contribution in [0.2, 0.25) is 0 Å². The number of hydrogen-bond acceptors (Lipinski definition) is 7. The largest absolute Gasteiger partial charge is 0.481 e. The van der Waals surface area contributed by atoms with Crippen LogP contribution >= 0.6 is 7.82 Å². The van der Waals surface area contributed by atoms with Crippen LogP contribution in [0.5, 0.6) is 0 Å². The van der Waals surface area contributed by atoms with Crippen LogP contribution < -0.4 is 18.5 Å². The molecule has 0 rings (SSSR count). The van der Waals surface area contributed by atoms with Gasteiger partial charge >= 0.3 is 7.82 Å². The van der Waals surface area contributed by atoms with E-state index in [1.807, 2.05) is 0 Å². The maximum absolute atomic E-state index is 9.00. The third-order valence-electron chi connectivity index (χ3n) is 0. The van der Waals surface area contributed by atoms with E-state index >= 15 is 0 Å². The summed E-state index contributed by atoms with van der Waals surface area (Å²) >= 11 is 0. The Bertz CT molecular complexity index is 229. The first-order chi connectivity index (χ1) is 7.20. The van der Waals surface area contributed by atoms with Crippen LogP contribution in [-0.2, 0) is 18.9 Å². The molecule has 0 aliphatic carbocycles. The van der Waals surface area contributed by atoms with Crippen LogP contribution in [0, 0.1) is 0 Å². The normalized spacial score (nSPS) is 6.70. The van der Waals surface area contributed by atoms with Gasteiger partial charge in [-0.25, -0.2) is 4.57 Å². The molecule has 0 aliphatic rings. The summed E-state index contributed by atoms with van der Waals surface area (Å²) < 4.78 is 8.88. The van der Waals surface area contributed by atoms with Gasteiger partial charge in [0.25, 0.3) is 17.9 Å². The minimum absolute atomic E-state index is 0. The Morgan fingerprint density at radius 2 is 0.650 bits per heavy atom. The lowest BCUT2D eigenvalue weighted by Gasteiger charge is -1.82. The minimum atomic E-state index is -4.64. The van der Waals surface area contributed by atoms with Crippen molar-refractivity contribution in [1.29, 1.82) is 0 Å². The first-order valence-corrected chi connectivity index (χ1v) is 5.13. The molecule has 13 nitrogen and oxygen atoms in total. The van der Waals surface area contributed by atoms with Crippen molar-refractivity contribution in [3.8, 4) is 0 Å². The molecule has 15 N–H and O–H groups in total. The second kappa shape index (κ2) is 26.1. The smallest absolute Gasteiger partial charge is 0.466 e. The zero-order valence-corrected chi connectivity index (χ0v) is 12.3. The van der Waals surface area contributed by atoms with E-state index < -0.39 is 25.7 Å². The van der Waals surface area contributed by atoms with E-state index in [0.717, 1.165) is 20.8 Å². The van der Waals surface area contributed by atoms with E-state index in [9.17, 15) is 0 Å². The van der Waals surface area contributed by atoms with E-state index in [4.69, 9.17) is 48.9 Å². The first-order valence-electron chi connectivity index (χ1n) is 3.57. The highest BCUT2D eigenvalue weighted by atomic mass is 31.2. The van der Waals surface area contributed by atoms with Crippen molar-refractivity contribution in [1.82, 2.24) is 18.5 Å². The Labute approximate surface area is 115 Å². The highest BCUT2D eigenvalue weighted by molar-refractivity contribution is 7.45. The zero-order valence-electron chi connectivity index (χ0n) is 11.4. The van der Waals surface area contributed by atoms with Crippen molar-refractivity contribution in [2.24, 2.45) is 0 Å². The second-order valence-corrected chi connectivity index (χ2v) is 3.10. The average Bonchev–Trinajstić information content (AvgIpc) is 1.73. The highest BCUT2D eigenvalue weighted by Crippen LogP contribution is 2.25. The molecule has 0 fully saturated rings. The fourth-order valence-corrected chi connectivity index (χ4v) is 0. The summed E-state index contributed by atoms with van der Waals surface area (Å²) in [5.41, 5.74) is 0. The fraction of sp³-hybridized carbons (Fsp3) is 0.500. The predicted octanol–water partition coefficient (Wildman–Crippen LogP) is -0.170. The van der Waals surface area contributed by atoms with Crippen molar-refractivity contribution >= 4 is 25.7 Å². The third kappa shape index (κ3) is 1520. The van der Waals surface area contributed by atoms with Gasteiger partial charge in [-0.3, -0.25) is 14.4 Å². The molecule has 0 radical (unpaired) electrons. The van der Waals surface area contributed by atoms with Gasteiger partial charge in [0.15, 0.2) is 0 Å². The molecular weight excluding hydrogens is 305 g/mol. The van der Waals surface area contributed by atoms with E-state index in [0.29, 0.717) is 0 Å². The molecule has 0 heterocycles. The van der Waals surface area contributed by atoms with Crippen molar-refractivity contribution < 1.29 is 48.9 Å². The molecule has 0 saturated heterocycles. The zero-order chi connectivity index (χ0) is 15.2. The Morgan fingerprint density at radius 1 is 0.650 bits per heavy atom. The van der Waals surface area contributed by atoms with E-state index in [1.165, 1.54) is 0 Å². The Balaban J connectivity index is -0.0000000216. The molecule has 14 heteroatoms. The lowest BCUT2D eigenvalue weighted by atomic mass is 10.9. The number of carboxylic acids is 3. The van der Waals surface area contributed by atoms with Gasteiger partial charge in [-0.15, -0.1) is 0 Å². The quantitative estimate of drug-likeness (QED) is 0.261. The topological polar surface area (TPSA) is 295 Å². The van der Waals surface area contributed by atoms with Crippen LogP contribution in [0.25, 0.3) is 0 Å². The molecule has 0 bridgehead atoms. The van der Waals surface area contributed by atoms with Crippen LogP contribution in [-0.4, -0.2) is 47.9 Å². The molecule has 0 amide bonds. The summed E-state index contributed by atoms with van der Waals surface area (Å²) in [4.78, 5) is 48.6. The summed E-state index contributed by atoms with van der Waals surface area (Å²) in [5.74, 6) is -2.50. The number of carbonyl (C=O) groups is 3. The monoisotopic (exact) mass is 329 g/mol. The maximum Gasteiger partial charge on any atom is 0.466 e. The molecule has 0 atom stereocenters. The predicted molar refractivity (Wildman–Crippen MR) is 69.3 cm³/mol. The molecule has 0 aromatic heterocycles. The summed E-state index contributed by atoms with van der Waals surface area (Å²) in [7, 11) is -4.64. The third-order valence-corrected chi connectivity index (χ3v) is 0. The Morgan fingerprint density at radius 3 is 0.650 bits per heavy atom.